The molecule has 4 rings (SSSR count). The van der Waals surface area contributed by atoms with Crippen LogP contribution in [0.3, 0.4) is 0 Å². The lowest BCUT2D eigenvalue weighted by atomic mass is 10.2. The molecule has 1 aliphatic rings. The van der Waals surface area contributed by atoms with Gasteiger partial charge in [-0.25, -0.2) is 9.07 Å². The summed E-state index contributed by atoms with van der Waals surface area (Å²) in [6.07, 6.45) is 1.56. The zero-order valence-electron chi connectivity index (χ0n) is 16.0. The number of benzene rings is 2. The van der Waals surface area contributed by atoms with E-state index in [2.05, 4.69) is 10.3 Å². The smallest absolute Gasteiger partial charge is 0.276 e. The molecular formula is C21H19ClFN5O2. The van der Waals surface area contributed by atoms with Gasteiger partial charge in [0, 0.05) is 24.7 Å². The van der Waals surface area contributed by atoms with Crippen molar-refractivity contribution < 1.29 is 14.0 Å². The third-order valence-corrected chi connectivity index (χ3v) is 5.09. The van der Waals surface area contributed by atoms with Gasteiger partial charge in [-0.1, -0.05) is 41.1 Å². The minimum atomic E-state index is -0.342. The van der Waals surface area contributed by atoms with Crippen molar-refractivity contribution in [2.75, 3.05) is 19.6 Å². The highest BCUT2D eigenvalue weighted by Crippen LogP contribution is 2.14. The van der Waals surface area contributed by atoms with Gasteiger partial charge in [0.1, 0.15) is 12.4 Å². The summed E-state index contributed by atoms with van der Waals surface area (Å²) in [5.41, 5.74) is 1.84. The third-order valence-electron chi connectivity index (χ3n) is 4.86. The van der Waals surface area contributed by atoms with Crippen molar-refractivity contribution in [2.24, 2.45) is 0 Å². The summed E-state index contributed by atoms with van der Waals surface area (Å²) in [5.74, 6) is -0.870. The first-order valence-electron chi connectivity index (χ1n) is 9.44. The molecule has 1 aromatic heterocycles. The fourth-order valence-electron chi connectivity index (χ4n) is 3.36. The Morgan fingerprint density at radius 1 is 1.07 bits per heavy atom. The number of hydrogen-bond acceptors (Lipinski definition) is 4. The quantitative estimate of drug-likeness (QED) is 0.627. The van der Waals surface area contributed by atoms with Crippen molar-refractivity contribution >= 4 is 23.4 Å². The predicted molar refractivity (Wildman–Crippen MR) is 108 cm³/mol. The second kappa shape index (κ2) is 8.62. The largest absolute Gasteiger partial charge is 0.335 e. The lowest BCUT2D eigenvalue weighted by molar-refractivity contribution is -0.135. The molecule has 2 heterocycles. The molecule has 0 bridgehead atoms. The lowest BCUT2D eigenvalue weighted by Crippen LogP contribution is -2.51. The molecule has 0 saturated carbocycles. The molecule has 0 unspecified atom stereocenters. The molecule has 0 aliphatic carbocycles. The van der Waals surface area contributed by atoms with Crippen molar-refractivity contribution in [3.63, 3.8) is 0 Å². The molecule has 154 valence electrons. The number of piperazine rings is 1. The Hall–Kier alpha value is -3.26. The number of hydrogen-bond donors (Lipinski definition) is 0. The highest BCUT2D eigenvalue weighted by molar-refractivity contribution is 6.30. The molecule has 1 aliphatic heterocycles. The first-order chi connectivity index (χ1) is 14.5. The summed E-state index contributed by atoms with van der Waals surface area (Å²) in [7, 11) is 0. The Kier molecular flexibility index (Phi) is 5.76. The van der Waals surface area contributed by atoms with Crippen molar-refractivity contribution in [1.29, 1.82) is 0 Å². The van der Waals surface area contributed by atoms with Crippen LogP contribution in [-0.2, 0) is 17.9 Å². The maximum atomic E-state index is 13.4. The molecule has 0 spiro atoms. The van der Waals surface area contributed by atoms with Crippen LogP contribution in [0, 0.1) is 5.82 Å². The van der Waals surface area contributed by atoms with Gasteiger partial charge < -0.3 is 9.80 Å². The molecule has 0 N–H and O–H groups in total. The number of aromatic nitrogens is 3. The molecule has 1 fully saturated rings. The second-order valence-corrected chi connectivity index (χ2v) is 7.54. The van der Waals surface area contributed by atoms with Crippen molar-refractivity contribution in [3.05, 3.63) is 82.4 Å². The van der Waals surface area contributed by atoms with Crippen LogP contribution in [0.25, 0.3) is 0 Å². The second-order valence-electron chi connectivity index (χ2n) is 7.10. The zero-order valence-corrected chi connectivity index (χ0v) is 16.8. The fraction of sp³-hybridized carbons (Fsp3) is 0.238. The number of nitrogens with zero attached hydrogens (tertiary/aromatic N) is 5. The van der Waals surface area contributed by atoms with E-state index in [1.807, 2.05) is 18.2 Å². The summed E-state index contributed by atoms with van der Waals surface area (Å²) in [4.78, 5) is 28.3. The summed E-state index contributed by atoms with van der Waals surface area (Å²) in [6, 6.07) is 13.5. The van der Waals surface area contributed by atoms with Crippen LogP contribution >= 0.6 is 11.6 Å². The normalized spacial score (nSPS) is 14.3. The van der Waals surface area contributed by atoms with E-state index < -0.39 is 0 Å². The van der Waals surface area contributed by atoms with Crippen molar-refractivity contribution in [3.8, 4) is 0 Å². The maximum Gasteiger partial charge on any atom is 0.276 e. The Balaban J connectivity index is 1.37. The number of carbonyl (C=O) groups excluding carboxylic acids is 2. The molecule has 2 aromatic carbocycles. The van der Waals surface area contributed by atoms with E-state index >= 15 is 0 Å². The number of amides is 2. The molecule has 30 heavy (non-hydrogen) atoms. The van der Waals surface area contributed by atoms with Crippen LogP contribution in [0.5, 0.6) is 0 Å². The Labute approximate surface area is 177 Å². The molecular weight excluding hydrogens is 409 g/mol. The Morgan fingerprint density at radius 2 is 1.83 bits per heavy atom. The van der Waals surface area contributed by atoms with Crippen molar-refractivity contribution in [1.82, 2.24) is 24.8 Å². The van der Waals surface area contributed by atoms with Gasteiger partial charge in [0.25, 0.3) is 5.91 Å². The molecule has 0 radical (unpaired) electrons. The molecule has 1 saturated heterocycles. The number of halogens is 2. The maximum absolute atomic E-state index is 13.4. The molecule has 7 nitrogen and oxygen atoms in total. The molecule has 3 aromatic rings. The summed E-state index contributed by atoms with van der Waals surface area (Å²) >= 11 is 5.99. The van der Waals surface area contributed by atoms with Gasteiger partial charge in [0.2, 0.25) is 5.91 Å². The average molecular weight is 428 g/mol. The standard InChI is InChI=1S/C21H19ClFN5O2/c22-17-5-1-3-15(9-17)12-28-13-19(24-25-28)21(30)27-8-7-26(20(29)14-27)11-16-4-2-6-18(23)10-16/h1-6,9-10,13H,7-8,11-12,14H2. The number of rotatable bonds is 5. The van der Waals surface area contributed by atoms with Crippen LogP contribution in [0.1, 0.15) is 21.6 Å². The van der Waals surface area contributed by atoms with Crippen LogP contribution in [-0.4, -0.2) is 56.2 Å². The van der Waals surface area contributed by atoms with E-state index in [-0.39, 0.29) is 29.9 Å². The van der Waals surface area contributed by atoms with E-state index in [1.165, 1.54) is 17.0 Å². The van der Waals surface area contributed by atoms with E-state index in [0.717, 1.165) is 5.56 Å². The van der Waals surface area contributed by atoms with Gasteiger partial charge in [-0.15, -0.1) is 5.10 Å². The van der Waals surface area contributed by atoms with E-state index in [9.17, 15) is 14.0 Å². The van der Waals surface area contributed by atoms with Gasteiger partial charge in [-0.05, 0) is 35.4 Å². The first kappa shape index (κ1) is 20.0. The highest BCUT2D eigenvalue weighted by Gasteiger charge is 2.29. The van der Waals surface area contributed by atoms with Gasteiger partial charge >= 0.3 is 0 Å². The van der Waals surface area contributed by atoms with Crippen LogP contribution in [0.2, 0.25) is 5.02 Å². The summed E-state index contributed by atoms with van der Waals surface area (Å²) in [5, 5.41) is 8.58. The summed E-state index contributed by atoms with van der Waals surface area (Å²) < 4.78 is 14.9. The lowest BCUT2D eigenvalue weighted by Gasteiger charge is -2.34. The minimum Gasteiger partial charge on any atom is -0.335 e. The Bertz CT molecular complexity index is 1090. The molecule has 0 atom stereocenters. The van der Waals surface area contributed by atoms with Crippen LogP contribution in [0.15, 0.2) is 54.7 Å². The van der Waals surface area contributed by atoms with Gasteiger partial charge in [0.05, 0.1) is 12.7 Å². The zero-order chi connectivity index (χ0) is 21.1. The predicted octanol–water partition coefficient (Wildman–Crippen LogP) is 2.60. The van der Waals surface area contributed by atoms with Crippen molar-refractivity contribution in [2.45, 2.75) is 13.1 Å². The topological polar surface area (TPSA) is 71.3 Å². The average Bonchev–Trinajstić information content (AvgIpc) is 3.17. The minimum absolute atomic E-state index is 0.0463. The first-order valence-corrected chi connectivity index (χ1v) is 9.82. The summed E-state index contributed by atoms with van der Waals surface area (Å²) in [6.45, 7) is 1.45. The van der Waals surface area contributed by atoms with Crippen LogP contribution in [0.4, 0.5) is 4.39 Å². The van der Waals surface area contributed by atoms with E-state index in [0.29, 0.717) is 36.8 Å². The van der Waals surface area contributed by atoms with E-state index in [4.69, 9.17) is 11.6 Å². The van der Waals surface area contributed by atoms with Crippen LogP contribution < -0.4 is 0 Å². The Morgan fingerprint density at radius 3 is 2.57 bits per heavy atom. The SMILES string of the molecule is O=C1CN(C(=O)c2cn(Cc3cccc(Cl)c3)nn2)CCN1Cc1cccc(F)c1. The molecule has 9 heteroatoms. The van der Waals surface area contributed by atoms with E-state index in [1.54, 1.807) is 34.0 Å². The fourth-order valence-corrected chi connectivity index (χ4v) is 3.58. The van der Waals surface area contributed by atoms with Gasteiger partial charge in [-0.2, -0.15) is 0 Å². The van der Waals surface area contributed by atoms with Gasteiger partial charge in [0.15, 0.2) is 5.69 Å². The monoisotopic (exact) mass is 427 g/mol. The highest BCUT2D eigenvalue weighted by atomic mass is 35.5. The van der Waals surface area contributed by atoms with Gasteiger partial charge in [-0.3, -0.25) is 9.59 Å². The molecule has 2 amide bonds. The number of carbonyl (C=O) groups is 2. The third kappa shape index (κ3) is 4.65.